The maximum absolute atomic E-state index is 11.9. The van der Waals surface area contributed by atoms with Crippen molar-refractivity contribution in [3.8, 4) is 0 Å². The number of carbonyl (C=O) groups is 1. The van der Waals surface area contributed by atoms with E-state index in [0.29, 0.717) is 19.7 Å². The average Bonchev–Trinajstić information content (AvgIpc) is 2.48. The van der Waals surface area contributed by atoms with Crippen LogP contribution in [0.25, 0.3) is 0 Å². The van der Waals surface area contributed by atoms with E-state index in [0.717, 1.165) is 37.3 Å². The van der Waals surface area contributed by atoms with Crippen LogP contribution < -0.4 is 10.6 Å². The molecule has 0 atom stereocenters. The van der Waals surface area contributed by atoms with E-state index in [1.54, 1.807) is 7.11 Å². The van der Waals surface area contributed by atoms with Gasteiger partial charge >= 0.3 is 0 Å². The first-order valence-corrected chi connectivity index (χ1v) is 7.05. The lowest BCUT2D eigenvalue weighted by atomic mass is 10.1. The number of hydrogen-bond acceptors (Lipinski definition) is 4. The molecule has 0 spiro atoms. The SMILES string of the molecule is COCc1ccccc1CNC(=O)CN1CCNCC1. The third kappa shape index (κ3) is 4.59. The van der Waals surface area contributed by atoms with Crippen LogP contribution in [0, 0.1) is 0 Å². The second kappa shape index (κ2) is 7.99. The first-order valence-electron chi connectivity index (χ1n) is 7.05. The van der Waals surface area contributed by atoms with Crippen molar-refractivity contribution in [2.24, 2.45) is 0 Å². The molecular formula is C15H23N3O2. The van der Waals surface area contributed by atoms with Crippen LogP contribution in [0.1, 0.15) is 11.1 Å². The van der Waals surface area contributed by atoms with E-state index in [1.165, 1.54) is 0 Å². The molecule has 0 aliphatic carbocycles. The van der Waals surface area contributed by atoms with Gasteiger partial charge in [0.25, 0.3) is 0 Å². The Morgan fingerprint density at radius 1 is 1.30 bits per heavy atom. The summed E-state index contributed by atoms with van der Waals surface area (Å²) in [7, 11) is 1.68. The molecule has 5 heteroatoms. The van der Waals surface area contributed by atoms with Crippen molar-refractivity contribution in [3.63, 3.8) is 0 Å². The molecule has 2 rings (SSSR count). The predicted octanol–water partition coefficient (Wildman–Crippen LogP) is 0.354. The molecule has 2 N–H and O–H groups in total. The van der Waals surface area contributed by atoms with Crippen molar-refractivity contribution in [3.05, 3.63) is 35.4 Å². The van der Waals surface area contributed by atoms with Crippen LogP contribution in [0.4, 0.5) is 0 Å². The summed E-state index contributed by atoms with van der Waals surface area (Å²) in [4.78, 5) is 14.1. The largest absolute Gasteiger partial charge is 0.380 e. The van der Waals surface area contributed by atoms with Gasteiger partial charge in [0.1, 0.15) is 0 Å². The average molecular weight is 277 g/mol. The molecule has 0 radical (unpaired) electrons. The minimum atomic E-state index is 0.0825. The molecule has 0 bridgehead atoms. The standard InChI is InChI=1S/C15H23N3O2/c1-20-12-14-5-3-2-4-13(14)10-17-15(19)11-18-8-6-16-7-9-18/h2-5,16H,6-12H2,1H3,(H,17,19). The molecule has 1 fully saturated rings. The first kappa shape index (κ1) is 15.0. The topological polar surface area (TPSA) is 53.6 Å². The summed E-state index contributed by atoms with van der Waals surface area (Å²) in [6, 6.07) is 8.03. The Morgan fingerprint density at radius 2 is 2.00 bits per heavy atom. The Hall–Kier alpha value is -1.43. The van der Waals surface area contributed by atoms with Crippen molar-refractivity contribution in [2.75, 3.05) is 39.8 Å². The molecule has 1 heterocycles. The van der Waals surface area contributed by atoms with Crippen LogP contribution in [0.5, 0.6) is 0 Å². The molecule has 0 saturated carbocycles. The number of nitrogens with zero attached hydrogens (tertiary/aromatic N) is 1. The van der Waals surface area contributed by atoms with Crippen LogP contribution in [0.15, 0.2) is 24.3 Å². The third-order valence-electron chi connectivity index (χ3n) is 3.47. The smallest absolute Gasteiger partial charge is 0.234 e. The summed E-state index contributed by atoms with van der Waals surface area (Å²) in [6.07, 6.45) is 0. The monoisotopic (exact) mass is 277 g/mol. The van der Waals surface area contributed by atoms with Crippen LogP contribution in [0.3, 0.4) is 0 Å². The van der Waals surface area contributed by atoms with Crippen molar-refractivity contribution in [1.29, 1.82) is 0 Å². The van der Waals surface area contributed by atoms with Crippen molar-refractivity contribution >= 4 is 5.91 Å². The normalized spacial score (nSPS) is 16.1. The van der Waals surface area contributed by atoms with Crippen LogP contribution in [-0.2, 0) is 22.7 Å². The summed E-state index contributed by atoms with van der Waals surface area (Å²) < 4.78 is 5.17. The summed E-state index contributed by atoms with van der Waals surface area (Å²) in [6.45, 7) is 5.41. The number of carbonyl (C=O) groups excluding carboxylic acids is 1. The van der Waals surface area contributed by atoms with Gasteiger partial charge in [-0.05, 0) is 11.1 Å². The van der Waals surface area contributed by atoms with E-state index in [9.17, 15) is 4.79 Å². The van der Waals surface area contributed by atoms with Crippen molar-refractivity contribution < 1.29 is 9.53 Å². The van der Waals surface area contributed by atoms with Gasteiger partial charge in [-0.25, -0.2) is 0 Å². The highest BCUT2D eigenvalue weighted by molar-refractivity contribution is 5.78. The lowest BCUT2D eigenvalue weighted by molar-refractivity contribution is -0.122. The van der Waals surface area contributed by atoms with Crippen LogP contribution in [-0.4, -0.2) is 50.6 Å². The first-order chi connectivity index (χ1) is 9.79. The van der Waals surface area contributed by atoms with Gasteiger partial charge < -0.3 is 15.4 Å². The Balaban J connectivity index is 1.80. The minimum absolute atomic E-state index is 0.0825. The molecule has 1 saturated heterocycles. The molecule has 0 aromatic heterocycles. The fraction of sp³-hybridized carbons (Fsp3) is 0.533. The number of amides is 1. The van der Waals surface area contributed by atoms with Gasteiger partial charge in [-0.1, -0.05) is 24.3 Å². The summed E-state index contributed by atoms with van der Waals surface area (Å²) in [5.74, 6) is 0.0825. The second-order valence-corrected chi connectivity index (χ2v) is 5.00. The molecule has 1 aromatic carbocycles. The zero-order valence-corrected chi connectivity index (χ0v) is 12.0. The third-order valence-corrected chi connectivity index (χ3v) is 3.47. The number of piperazine rings is 1. The van der Waals surface area contributed by atoms with Gasteiger partial charge in [0.15, 0.2) is 0 Å². The predicted molar refractivity (Wildman–Crippen MR) is 78.3 cm³/mol. The highest BCUT2D eigenvalue weighted by Crippen LogP contribution is 2.09. The fourth-order valence-corrected chi connectivity index (χ4v) is 2.35. The fourth-order valence-electron chi connectivity index (χ4n) is 2.35. The Kier molecular flexibility index (Phi) is 5.98. The second-order valence-electron chi connectivity index (χ2n) is 5.00. The van der Waals surface area contributed by atoms with Crippen LogP contribution >= 0.6 is 0 Å². The number of benzene rings is 1. The maximum Gasteiger partial charge on any atom is 0.234 e. The van der Waals surface area contributed by atoms with Gasteiger partial charge in [-0.2, -0.15) is 0 Å². The highest BCUT2D eigenvalue weighted by Gasteiger charge is 2.13. The molecule has 20 heavy (non-hydrogen) atoms. The zero-order valence-electron chi connectivity index (χ0n) is 12.0. The van der Waals surface area contributed by atoms with Crippen LogP contribution in [0.2, 0.25) is 0 Å². The molecule has 5 nitrogen and oxygen atoms in total. The van der Waals surface area contributed by atoms with E-state index in [2.05, 4.69) is 15.5 Å². The number of rotatable bonds is 6. The summed E-state index contributed by atoms with van der Waals surface area (Å²) in [5.41, 5.74) is 2.24. The number of ether oxygens (including phenoxy) is 1. The van der Waals surface area contributed by atoms with E-state index in [-0.39, 0.29) is 5.91 Å². The van der Waals surface area contributed by atoms with Gasteiger partial charge in [-0.3, -0.25) is 9.69 Å². The number of nitrogens with one attached hydrogen (secondary N) is 2. The van der Waals surface area contributed by atoms with Crippen molar-refractivity contribution in [2.45, 2.75) is 13.2 Å². The molecule has 1 amide bonds. The van der Waals surface area contributed by atoms with Gasteiger partial charge in [-0.15, -0.1) is 0 Å². The summed E-state index contributed by atoms with van der Waals surface area (Å²) >= 11 is 0. The molecular weight excluding hydrogens is 254 g/mol. The number of methoxy groups -OCH3 is 1. The summed E-state index contributed by atoms with van der Waals surface area (Å²) in [5, 5.41) is 6.27. The highest BCUT2D eigenvalue weighted by atomic mass is 16.5. The van der Waals surface area contributed by atoms with E-state index in [4.69, 9.17) is 4.74 Å². The lowest BCUT2D eigenvalue weighted by Gasteiger charge is -2.26. The van der Waals surface area contributed by atoms with Gasteiger partial charge in [0.2, 0.25) is 5.91 Å². The Labute approximate surface area is 120 Å². The van der Waals surface area contributed by atoms with Gasteiger partial charge in [0.05, 0.1) is 13.2 Å². The Bertz CT molecular complexity index is 431. The Morgan fingerprint density at radius 3 is 2.70 bits per heavy atom. The van der Waals surface area contributed by atoms with Gasteiger partial charge in [0, 0.05) is 39.8 Å². The van der Waals surface area contributed by atoms with E-state index in [1.807, 2.05) is 24.3 Å². The maximum atomic E-state index is 11.9. The molecule has 1 aromatic rings. The number of hydrogen-bond donors (Lipinski definition) is 2. The quantitative estimate of drug-likeness (QED) is 0.788. The molecule has 110 valence electrons. The van der Waals surface area contributed by atoms with E-state index >= 15 is 0 Å². The molecule has 0 unspecified atom stereocenters. The van der Waals surface area contributed by atoms with Crippen molar-refractivity contribution in [1.82, 2.24) is 15.5 Å². The zero-order chi connectivity index (χ0) is 14.2. The minimum Gasteiger partial charge on any atom is -0.380 e. The van der Waals surface area contributed by atoms with E-state index < -0.39 is 0 Å². The molecule has 1 aliphatic heterocycles. The molecule has 1 aliphatic rings. The lowest BCUT2D eigenvalue weighted by Crippen LogP contribution is -2.47.